The predicted molar refractivity (Wildman–Crippen MR) is 62.6 cm³/mol. The fourth-order valence-electron chi connectivity index (χ4n) is 2.25. The molecule has 1 fully saturated rings. The molecule has 2 atom stereocenters. The van der Waals surface area contributed by atoms with Crippen LogP contribution in [0, 0.1) is 5.92 Å². The van der Waals surface area contributed by atoms with Gasteiger partial charge in [0.1, 0.15) is 0 Å². The topological polar surface area (TPSA) is 15.3 Å². The molecule has 1 aliphatic rings. The third-order valence-electron chi connectivity index (χ3n) is 3.74. The largest absolute Gasteiger partial charge is 0.312 e. The second-order valence-electron chi connectivity index (χ2n) is 4.81. The third-order valence-corrected chi connectivity index (χ3v) is 3.74. The summed E-state index contributed by atoms with van der Waals surface area (Å²) in [5.41, 5.74) is 0. The van der Waals surface area contributed by atoms with Crippen LogP contribution in [0.4, 0.5) is 0 Å². The molecular weight excluding hydrogens is 172 g/mol. The van der Waals surface area contributed by atoms with E-state index < -0.39 is 0 Å². The smallest absolute Gasteiger partial charge is 0.0209 e. The SMILES string of the molecule is CCC(CC)CNC1CC(C)N(C)C1. The number of hydrogen-bond acceptors (Lipinski definition) is 2. The summed E-state index contributed by atoms with van der Waals surface area (Å²) in [7, 11) is 2.23. The zero-order chi connectivity index (χ0) is 10.6. The standard InChI is InChI=1S/C12H26N2/c1-5-11(6-2)8-13-12-7-10(3)14(4)9-12/h10-13H,5-9H2,1-4H3. The molecule has 0 aliphatic carbocycles. The van der Waals surface area contributed by atoms with Crippen LogP contribution in [-0.4, -0.2) is 37.1 Å². The van der Waals surface area contributed by atoms with Crippen LogP contribution >= 0.6 is 0 Å². The first kappa shape index (κ1) is 12.0. The summed E-state index contributed by atoms with van der Waals surface area (Å²) in [5, 5.41) is 3.70. The molecule has 1 aliphatic heterocycles. The highest BCUT2D eigenvalue weighted by Gasteiger charge is 2.25. The zero-order valence-corrected chi connectivity index (χ0v) is 10.2. The molecule has 84 valence electrons. The van der Waals surface area contributed by atoms with Crippen LogP contribution in [0.5, 0.6) is 0 Å². The normalized spacial score (nSPS) is 28.9. The molecule has 0 aromatic rings. The van der Waals surface area contributed by atoms with E-state index in [1.807, 2.05) is 0 Å². The lowest BCUT2D eigenvalue weighted by atomic mass is 10.0. The molecule has 0 aromatic carbocycles. The number of likely N-dealkylation sites (N-methyl/N-ethyl adjacent to an activating group) is 1. The van der Waals surface area contributed by atoms with Crippen LogP contribution < -0.4 is 5.32 Å². The van der Waals surface area contributed by atoms with Gasteiger partial charge < -0.3 is 10.2 Å². The van der Waals surface area contributed by atoms with Gasteiger partial charge in [-0.1, -0.05) is 26.7 Å². The van der Waals surface area contributed by atoms with E-state index >= 15 is 0 Å². The minimum Gasteiger partial charge on any atom is -0.312 e. The maximum atomic E-state index is 3.70. The number of nitrogens with one attached hydrogen (secondary N) is 1. The first-order chi connectivity index (χ1) is 6.67. The Labute approximate surface area is 89.1 Å². The van der Waals surface area contributed by atoms with Gasteiger partial charge in [-0.2, -0.15) is 0 Å². The molecule has 2 heteroatoms. The van der Waals surface area contributed by atoms with E-state index in [-0.39, 0.29) is 0 Å². The van der Waals surface area contributed by atoms with E-state index in [0.29, 0.717) is 0 Å². The van der Waals surface area contributed by atoms with Gasteiger partial charge in [0.05, 0.1) is 0 Å². The van der Waals surface area contributed by atoms with Crippen LogP contribution in [0.15, 0.2) is 0 Å². The van der Waals surface area contributed by atoms with Gasteiger partial charge in [-0.15, -0.1) is 0 Å². The molecule has 1 heterocycles. The summed E-state index contributed by atoms with van der Waals surface area (Å²) < 4.78 is 0. The summed E-state index contributed by atoms with van der Waals surface area (Å²) >= 11 is 0. The molecule has 0 amide bonds. The highest BCUT2D eigenvalue weighted by Crippen LogP contribution is 2.15. The molecule has 2 nitrogen and oxygen atoms in total. The van der Waals surface area contributed by atoms with Crippen LogP contribution in [-0.2, 0) is 0 Å². The van der Waals surface area contributed by atoms with Crippen LogP contribution in [0.25, 0.3) is 0 Å². The minimum atomic E-state index is 0.732. The van der Waals surface area contributed by atoms with Crippen molar-refractivity contribution in [1.29, 1.82) is 0 Å². The number of nitrogens with zero attached hydrogens (tertiary/aromatic N) is 1. The van der Waals surface area contributed by atoms with Crippen molar-refractivity contribution < 1.29 is 0 Å². The Hall–Kier alpha value is -0.0800. The Bertz CT molecular complexity index is 144. The molecular formula is C12H26N2. The first-order valence-corrected chi connectivity index (χ1v) is 6.10. The average Bonchev–Trinajstić information content (AvgIpc) is 2.48. The first-order valence-electron chi connectivity index (χ1n) is 6.10. The van der Waals surface area contributed by atoms with Gasteiger partial charge in [-0.3, -0.25) is 0 Å². The van der Waals surface area contributed by atoms with Gasteiger partial charge in [0, 0.05) is 18.6 Å². The monoisotopic (exact) mass is 198 g/mol. The van der Waals surface area contributed by atoms with Crippen LogP contribution in [0.3, 0.4) is 0 Å². The molecule has 0 radical (unpaired) electrons. The molecule has 0 aromatic heterocycles. The lowest BCUT2D eigenvalue weighted by Gasteiger charge is -2.17. The van der Waals surface area contributed by atoms with Gasteiger partial charge >= 0.3 is 0 Å². The van der Waals surface area contributed by atoms with Gasteiger partial charge in [-0.05, 0) is 32.9 Å². The second kappa shape index (κ2) is 5.72. The molecule has 1 N–H and O–H groups in total. The molecule has 1 saturated heterocycles. The maximum Gasteiger partial charge on any atom is 0.0209 e. The summed E-state index contributed by atoms with van der Waals surface area (Å²) in [6.07, 6.45) is 3.93. The van der Waals surface area contributed by atoms with Crippen molar-refractivity contribution in [2.45, 2.75) is 52.1 Å². The van der Waals surface area contributed by atoms with E-state index in [2.05, 4.69) is 38.0 Å². The Morgan fingerprint density at radius 2 is 2.00 bits per heavy atom. The summed E-state index contributed by atoms with van der Waals surface area (Å²) in [6, 6.07) is 1.49. The molecule has 0 spiro atoms. The van der Waals surface area contributed by atoms with E-state index in [1.54, 1.807) is 0 Å². The lowest BCUT2D eigenvalue weighted by molar-refractivity contribution is 0.324. The van der Waals surface area contributed by atoms with E-state index in [1.165, 1.54) is 32.4 Å². The maximum absolute atomic E-state index is 3.70. The van der Waals surface area contributed by atoms with Gasteiger partial charge in [-0.25, -0.2) is 0 Å². The molecule has 0 saturated carbocycles. The highest BCUT2D eigenvalue weighted by atomic mass is 15.2. The van der Waals surface area contributed by atoms with Gasteiger partial charge in [0.2, 0.25) is 0 Å². The number of rotatable bonds is 5. The number of likely N-dealkylation sites (tertiary alicyclic amines) is 1. The van der Waals surface area contributed by atoms with Crippen molar-refractivity contribution in [2.24, 2.45) is 5.92 Å². The fourth-order valence-corrected chi connectivity index (χ4v) is 2.25. The summed E-state index contributed by atoms with van der Waals surface area (Å²) in [5.74, 6) is 0.871. The van der Waals surface area contributed by atoms with Gasteiger partial charge in [0.15, 0.2) is 0 Å². The molecule has 1 rings (SSSR count). The molecule has 2 unspecified atom stereocenters. The van der Waals surface area contributed by atoms with Crippen molar-refractivity contribution in [2.75, 3.05) is 20.1 Å². The van der Waals surface area contributed by atoms with Crippen LogP contribution in [0.1, 0.15) is 40.0 Å². The van der Waals surface area contributed by atoms with Crippen molar-refractivity contribution in [3.05, 3.63) is 0 Å². The predicted octanol–water partition coefficient (Wildman–Crippen LogP) is 2.10. The van der Waals surface area contributed by atoms with Crippen molar-refractivity contribution in [3.63, 3.8) is 0 Å². The minimum absolute atomic E-state index is 0.732. The quantitative estimate of drug-likeness (QED) is 0.728. The van der Waals surface area contributed by atoms with E-state index in [4.69, 9.17) is 0 Å². The van der Waals surface area contributed by atoms with Gasteiger partial charge in [0.25, 0.3) is 0 Å². The Morgan fingerprint density at radius 3 is 2.43 bits per heavy atom. The van der Waals surface area contributed by atoms with Crippen molar-refractivity contribution >= 4 is 0 Å². The van der Waals surface area contributed by atoms with Crippen molar-refractivity contribution in [3.8, 4) is 0 Å². The third kappa shape index (κ3) is 3.25. The second-order valence-corrected chi connectivity index (χ2v) is 4.81. The Kier molecular flexibility index (Phi) is 4.90. The fraction of sp³-hybridized carbons (Fsp3) is 1.00. The lowest BCUT2D eigenvalue weighted by Crippen LogP contribution is -2.34. The Morgan fingerprint density at radius 1 is 1.36 bits per heavy atom. The highest BCUT2D eigenvalue weighted by molar-refractivity contribution is 4.85. The molecule has 0 bridgehead atoms. The average molecular weight is 198 g/mol. The Balaban J connectivity index is 2.19. The summed E-state index contributed by atoms with van der Waals surface area (Å²) in [6.45, 7) is 9.33. The van der Waals surface area contributed by atoms with E-state index in [9.17, 15) is 0 Å². The van der Waals surface area contributed by atoms with Crippen LogP contribution in [0.2, 0.25) is 0 Å². The number of hydrogen-bond donors (Lipinski definition) is 1. The zero-order valence-electron chi connectivity index (χ0n) is 10.2. The summed E-state index contributed by atoms with van der Waals surface area (Å²) in [4.78, 5) is 2.45. The van der Waals surface area contributed by atoms with E-state index in [0.717, 1.165) is 18.0 Å². The van der Waals surface area contributed by atoms with Crippen molar-refractivity contribution in [1.82, 2.24) is 10.2 Å². The molecule has 14 heavy (non-hydrogen) atoms.